The highest BCUT2D eigenvalue weighted by Crippen LogP contribution is 2.29. The normalized spacial score (nSPS) is 10.9. The van der Waals surface area contributed by atoms with Gasteiger partial charge >= 0.3 is 0 Å². The summed E-state index contributed by atoms with van der Waals surface area (Å²) >= 11 is 9.11. The zero-order valence-electron chi connectivity index (χ0n) is 11.0. The Balaban J connectivity index is 2.12. The Bertz CT molecular complexity index is 839. The lowest BCUT2D eigenvalue weighted by molar-refractivity contribution is 0.621. The molecule has 0 saturated carbocycles. The van der Waals surface area contributed by atoms with Crippen LogP contribution in [0.2, 0.25) is 5.28 Å². The van der Waals surface area contributed by atoms with Crippen LogP contribution in [0.25, 0.3) is 10.9 Å². The summed E-state index contributed by atoms with van der Waals surface area (Å²) in [6.45, 7) is 1.89. The van der Waals surface area contributed by atoms with Gasteiger partial charge in [0.05, 0.1) is 9.99 Å². The number of para-hydroxylation sites is 1. The number of nitrogens with zero attached hydrogens (tertiary/aromatic N) is 2. The summed E-state index contributed by atoms with van der Waals surface area (Å²) in [6, 6.07) is 10.6. The highest BCUT2D eigenvalue weighted by Gasteiger charge is 2.10. The van der Waals surface area contributed by atoms with Crippen molar-refractivity contribution in [2.24, 2.45) is 0 Å². The molecule has 0 spiro atoms. The number of hydrogen-bond acceptors (Lipinski definition) is 3. The summed E-state index contributed by atoms with van der Waals surface area (Å²) in [5, 5.41) is 4.10. The second kappa shape index (κ2) is 5.58. The van der Waals surface area contributed by atoms with Crippen LogP contribution in [0.4, 0.5) is 15.9 Å². The Labute approximate surface area is 134 Å². The van der Waals surface area contributed by atoms with Crippen LogP contribution in [-0.2, 0) is 0 Å². The molecule has 3 rings (SSSR count). The molecule has 6 heteroatoms. The van der Waals surface area contributed by atoms with Crippen LogP contribution in [0, 0.1) is 12.7 Å². The number of rotatable bonds is 2. The number of aryl methyl sites for hydroxylation is 1. The van der Waals surface area contributed by atoms with E-state index < -0.39 is 0 Å². The highest BCUT2D eigenvalue weighted by molar-refractivity contribution is 9.10. The van der Waals surface area contributed by atoms with Crippen LogP contribution in [-0.4, -0.2) is 9.97 Å². The number of anilines is 2. The minimum Gasteiger partial charge on any atom is -0.339 e. The van der Waals surface area contributed by atoms with Gasteiger partial charge in [-0.05, 0) is 64.3 Å². The van der Waals surface area contributed by atoms with E-state index in [1.165, 1.54) is 6.07 Å². The maximum absolute atomic E-state index is 13.7. The van der Waals surface area contributed by atoms with E-state index in [1.807, 2.05) is 31.2 Å². The van der Waals surface area contributed by atoms with Crippen LogP contribution in [0.1, 0.15) is 5.56 Å². The molecule has 0 atom stereocenters. The van der Waals surface area contributed by atoms with Gasteiger partial charge in [0.2, 0.25) is 5.28 Å². The van der Waals surface area contributed by atoms with Crippen molar-refractivity contribution in [1.82, 2.24) is 9.97 Å². The van der Waals surface area contributed by atoms with Crippen molar-refractivity contribution in [1.29, 1.82) is 0 Å². The summed E-state index contributed by atoms with van der Waals surface area (Å²) in [7, 11) is 0. The average Bonchev–Trinajstić information content (AvgIpc) is 2.44. The van der Waals surface area contributed by atoms with E-state index in [0.29, 0.717) is 16.0 Å². The molecule has 0 aliphatic rings. The molecule has 0 saturated heterocycles. The standard InChI is InChI=1S/C15H10BrClFN3/c1-8-6-10(16)11(18)7-13(8)19-14-9-4-2-3-5-12(9)20-15(17)21-14/h2-7H,1H3,(H,19,20,21). The van der Waals surface area contributed by atoms with Gasteiger partial charge in [-0.2, -0.15) is 4.98 Å². The molecule has 1 heterocycles. The monoisotopic (exact) mass is 365 g/mol. The second-order valence-corrected chi connectivity index (χ2v) is 5.76. The summed E-state index contributed by atoms with van der Waals surface area (Å²) in [5.41, 5.74) is 2.26. The van der Waals surface area contributed by atoms with E-state index in [1.54, 1.807) is 6.07 Å². The third kappa shape index (κ3) is 2.84. The van der Waals surface area contributed by atoms with Crippen molar-refractivity contribution in [3.8, 4) is 0 Å². The zero-order chi connectivity index (χ0) is 15.0. The summed E-state index contributed by atoms with van der Waals surface area (Å²) in [6.07, 6.45) is 0. The molecule has 3 aromatic rings. The van der Waals surface area contributed by atoms with Gasteiger partial charge in [0.1, 0.15) is 11.6 Å². The Morgan fingerprint density at radius 3 is 2.76 bits per heavy atom. The van der Waals surface area contributed by atoms with Crippen LogP contribution in [0.5, 0.6) is 0 Å². The van der Waals surface area contributed by atoms with Crippen LogP contribution >= 0.6 is 27.5 Å². The Kier molecular flexibility index (Phi) is 3.78. The predicted octanol–water partition coefficient (Wildman–Crippen LogP) is 5.24. The van der Waals surface area contributed by atoms with E-state index in [-0.39, 0.29) is 11.1 Å². The molecule has 1 N–H and O–H groups in total. The lowest BCUT2D eigenvalue weighted by atomic mass is 10.2. The molecule has 1 aromatic heterocycles. The van der Waals surface area contributed by atoms with Crippen molar-refractivity contribution < 1.29 is 4.39 Å². The summed E-state index contributed by atoms with van der Waals surface area (Å²) < 4.78 is 14.1. The second-order valence-electron chi connectivity index (χ2n) is 4.56. The Hall–Kier alpha value is -1.72. The Morgan fingerprint density at radius 2 is 1.95 bits per heavy atom. The molecule has 0 aliphatic carbocycles. The van der Waals surface area contributed by atoms with Gasteiger partial charge in [-0.25, -0.2) is 9.37 Å². The maximum Gasteiger partial charge on any atom is 0.224 e. The highest BCUT2D eigenvalue weighted by atomic mass is 79.9. The number of aromatic nitrogens is 2. The number of halogens is 3. The van der Waals surface area contributed by atoms with Crippen LogP contribution in [0.3, 0.4) is 0 Å². The predicted molar refractivity (Wildman–Crippen MR) is 86.7 cm³/mol. The largest absolute Gasteiger partial charge is 0.339 e. The quantitative estimate of drug-likeness (QED) is 0.631. The molecule has 0 unspecified atom stereocenters. The van der Waals surface area contributed by atoms with Gasteiger partial charge < -0.3 is 5.32 Å². The molecule has 3 nitrogen and oxygen atoms in total. The van der Waals surface area contributed by atoms with Gasteiger partial charge in [0, 0.05) is 11.1 Å². The van der Waals surface area contributed by atoms with Gasteiger partial charge in [0.25, 0.3) is 0 Å². The van der Waals surface area contributed by atoms with E-state index in [4.69, 9.17) is 11.6 Å². The lowest BCUT2D eigenvalue weighted by Gasteiger charge is -2.12. The van der Waals surface area contributed by atoms with Gasteiger partial charge in [0.15, 0.2) is 0 Å². The third-order valence-corrected chi connectivity index (χ3v) is 3.87. The zero-order valence-corrected chi connectivity index (χ0v) is 13.3. The van der Waals surface area contributed by atoms with Crippen LogP contribution < -0.4 is 5.32 Å². The van der Waals surface area contributed by atoms with Crippen molar-refractivity contribution in [2.75, 3.05) is 5.32 Å². The van der Waals surface area contributed by atoms with Crippen molar-refractivity contribution in [3.05, 3.63) is 57.5 Å². The average molecular weight is 367 g/mol. The first-order valence-corrected chi connectivity index (χ1v) is 7.36. The first kappa shape index (κ1) is 14.2. The van der Waals surface area contributed by atoms with E-state index >= 15 is 0 Å². The lowest BCUT2D eigenvalue weighted by Crippen LogP contribution is -1.99. The van der Waals surface area contributed by atoms with Crippen molar-refractivity contribution >= 4 is 49.9 Å². The molecule has 0 aliphatic heterocycles. The number of nitrogens with one attached hydrogen (secondary N) is 1. The van der Waals surface area contributed by atoms with E-state index in [2.05, 4.69) is 31.2 Å². The topological polar surface area (TPSA) is 37.8 Å². The minimum absolute atomic E-state index is 0.145. The van der Waals surface area contributed by atoms with Crippen molar-refractivity contribution in [2.45, 2.75) is 6.92 Å². The summed E-state index contributed by atoms with van der Waals surface area (Å²) in [4.78, 5) is 8.36. The molecule has 106 valence electrons. The molecule has 0 amide bonds. The first-order chi connectivity index (χ1) is 10.0. The fourth-order valence-electron chi connectivity index (χ4n) is 2.05. The van der Waals surface area contributed by atoms with Gasteiger partial charge in [-0.3, -0.25) is 0 Å². The molecule has 0 radical (unpaired) electrons. The van der Waals surface area contributed by atoms with E-state index in [9.17, 15) is 4.39 Å². The van der Waals surface area contributed by atoms with Gasteiger partial charge in [-0.1, -0.05) is 12.1 Å². The molecular weight excluding hydrogens is 357 g/mol. The van der Waals surface area contributed by atoms with E-state index in [0.717, 1.165) is 16.5 Å². The molecular formula is C15H10BrClFN3. The number of fused-ring (bicyclic) bond motifs is 1. The SMILES string of the molecule is Cc1cc(Br)c(F)cc1Nc1nc(Cl)nc2ccccc12. The fourth-order valence-corrected chi connectivity index (χ4v) is 2.69. The van der Waals surface area contributed by atoms with Gasteiger partial charge in [-0.15, -0.1) is 0 Å². The smallest absolute Gasteiger partial charge is 0.224 e. The minimum atomic E-state index is -0.340. The molecule has 0 fully saturated rings. The Morgan fingerprint density at radius 1 is 1.19 bits per heavy atom. The maximum atomic E-state index is 13.7. The molecule has 21 heavy (non-hydrogen) atoms. The van der Waals surface area contributed by atoms with Crippen LogP contribution in [0.15, 0.2) is 40.9 Å². The van der Waals surface area contributed by atoms with Crippen molar-refractivity contribution in [3.63, 3.8) is 0 Å². The molecule has 0 bridgehead atoms. The summed E-state index contributed by atoms with van der Waals surface area (Å²) in [5.74, 6) is 0.211. The number of hydrogen-bond donors (Lipinski definition) is 1. The fraction of sp³-hybridized carbons (Fsp3) is 0.0667. The molecule has 2 aromatic carbocycles. The first-order valence-electron chi connectivity index (χ1n) is 6.19. The number of benzene rings is 2. The third-order valence-electron chi connectivity index (χ3n) is 3.10.